The van der Waals surface area contributed by atoms with Crippen molar-refractivity contribution in [1.82, 2.24) is 4.98 Å². The van der Waals surface area contributed by atoms with Crippen LogP contribution in [0.3, 0.4) is 0 Å². The van der Waals surface area contributed by atoms with Crippen molar-refractivity contribution < 1.29 is 8.83 Å². The standard InChI is InChI=1S/C46H32N2O2/c1-46(2)39-19-10-9-18-35(39)37-25-33(21-23-40(37)46)48(32-17-11-16-31(24-32)29-12-5-3-6-13-29)34-20-22-36-38-27-44-41(28-43(38)49-42(36)26-34)47-45(50-44)30-14-7-4-8-15-30/h3-28H,1-2H3. The van der Waals surface area contributed by atoms with E-state index < -0.39 is 0 Å². The lowest BCUT2D eigenvalue weighted by Gasteiger charge is -2.27. The fourth-order valence-corrected chi connectivity index (χ4v) is 7.78. The lowest BCUT2D eigenvalue weighted by molar-refractivity contribution is 0.620. The van der Waals surface area contributed by atoms with E-state index in [-0.39, 0.29) is 5.41 Å². The van der Waals surface area contributed by atoms with Crippen molar-refractivity contribution in [3.63, 3.8) is 0 Å². The second-order valence-corrected chi connectivity index (χ2v) is 13.6. The van der Waals surface area contributed by atoms with E-state index in [2.05, 4.69) is 140 Å². The average molecular weight is 645 g/mol. The summed E-state index contributed by atoms with van der Waals surface area (Å²) in [5.74, 6) is 0.605. The Balaban J connectivity index is 1.13. The van der Waals surface area contributed by atoms with Crippen molar-refractivity contribution in [3.05, 3.63) is 169 Å². The smallest absolute Gasteiger partial charge is 0.227 e. The molecule has 0 amide bonds. The Hall–Kier alpha value is -6.39. The molecule has 0 unspecified atom stereocenters. The molecule has 0 radical (unpaired) electrons. The third-order valence-electron chi connectivity index (χ3n) is 10.3. The van der Waals surface area contributed by atoms with Gasteiger partial charge in [-0.2, -0.15) is 0 Å². The van der Waals surface area contributed by atoms with Crippen LogP contribution in [0.1, 0.15) is 25.0 Å². The fraction of sp³-hybridized carbons (Fsp3) is 0.0652. The summed E-state index contributed by atoms with van der Waals surface area (Å²) in [6.07, 6.45) is 0. The minimum absolute atomic E-state index is 0.0639. The first kappa shape index (κ1) is 28.6. The van der Waals surface area contributed by atoms with Gasteiger partial charge in [-0.05, 0) is 88.0 Å². The molecule has 0 saturated heterocycles. The first-order valence-electron chi connectivity index (χ1n) is 17.0. The van der Waals surface area contributed by atoms with Gasteiger partial charge in [-0.25, -0.2) is 4.98 Å². The van der Waals surface area contributed by atoms with E-state index in [9.17, 15) is 0 Å². The first-order chi connectivity index (χ1) is 24.5. The number of hydrogen-bond donors (Lipinski definition) is 0. The zero-order valence-electron chi connectivity index (χ0n) is 27.7. The summed E-state index contributed by atoms with van der Waals surface area (Å²) in [5, 5.41) is 2.04. The maximum Gasteiger partial charge on any atom is 0.227 e. The Morgan fingerprint density at radius 2 is 1.12 bits per heavy atom. The monoisotopic (exact) mass is 644 g/mol. The highest BCUT2D eigenvalue weighted by Crippen LogP contribution is 2.51. The van der Waals surface area contributed by atoms with Gasteiger partial charge in [-0.15, -0.1) is 0 Å². The molecular formula is C46H32N2O2. The lowest BCUT2D eigenvalue weighted by atomic mass is 9.82. The molecule has 2 aromatic heterocycles. The van der Waals surface area contributed by atoms with Crippen molar-refractivity contribution in [3.8, 4) is 33.7 Å². The molecule has 7 aromatic carbocycles. The minimum atomic E-state index is -0.0639. The summed E-state index contributed by atoms with van der Waals surface area (Å²) in [6.45, 7) is 4.64. The predicted molar refractivity (Wildman–Crippen MR) is 204 cm³/mol. The molecule has 0 atom stereocenters. The Morgan fingerprint density at radius 3 is 1.96 bits per heavy atom. The van der Waals surface area contributed by atoms with Crippen LogP contribution in [0, 0.1) is 0 Å². The summed E-state index contributed by atoms with van der Waals surface area (Å²) in [7, 11) is 0. The Morgan fingerprint density at radius 1 is 0.460 bits per heavy atom. The summed E-state index contributed by atoms with van der Waals surface area (Å²) in [5.41, 5.74) is 14.8. The van der Waals surface area contributed by atoms with E-state index in [0.29, 0.717) is 5.89 Å². The van der Waals surface area contributed by atoms with E-state index >= 15 is 0 Å². The number of anilines is 3. The van der Waals surface area contributed by atoms with Crippen LogP contribution in [0.15, 0.2) is 167 Å². The summed E-state index contributed by atoms with van der Waals surface area (Å²) >= 11 is 0. The highest BCUT2D eigenvalue weighted by molar-refractivity contribution is 6.10. The van der Waals surface area contributed by atoms with E-state index in [4.69, 9.17) is 13.8 Å². The number of benzene rings is 7. The van der Waals surface area contributed by atoms with Crippen molar-refractivity contribution >= 4 is 50.1 Å². The van der Waals surface area contributed by atoms with Gasteiger partial charge in [0.1, 0.15) is 16.7 Å². The van der Waals surface area contributed by atoms with Gasteiger partial charge in [-0.1, -0.05) is 105 Å². The van der Waals surface area contributed by atoms with E-state index in [0.717, 1.165) is 61.2 Å². The normalized spacial score (nSPS) is 13.2. The summed E-state index contributed by atoms with van der Waals surface area (Å²) in [4.78, 5) is 7.12. The Bertz CT molecular complexity index is 2740. The third-order valence-corrected chi connectivity index (χ3v) is 10.3. The molecule has 10 rings (SSSR count). The van der Waals surface area contributed by atoms with Crippen molar-refractivity contribution in [1.29, 1.82) is 0 Å². The van der Waals surface area contributed by atoms with Gasteiger partial charge >= 0.3 is 0 Å². The number of rotatable bonds is 5. The number of furan rings is 1. The molecule has 0 fully saturated rings. The SMILES string of the molecule is CC1(C)c2ccccc2-c2cc(N(c3cccc(-c4ccccc4)c3)c3ccc4c(c3)oc3cc5nc(-c6ccccc6)oc5cc34)ccc21. The van der Waals surface area contributed by atoms with Gasteiger partial charge in [0.2, 0.25) is 5.89 Å². The molecule has 238 valence electrons. The van der Waals surface area contributed by atoms with Gasteiger partial charge in [0.25, 0.3) is 0 Å². The third kappa shape index (κ3) is 4.42. The van der Waals surface area contributed by atoms with Gasteiger partial charge < -0.3 is 13.7 Å². The molecule has 2 heterocycles. The second kappa shape index (κ2) is 10.8. The molecule has 4 heteroatoms. The van der Waals surface area contributed by atoms with Gasteiger partial charge in [0.15, 0.2) is 5.58 Å². The molecule has 0 spiro atoms. The maximum absolute atomic E-state index is 6.57. The molecule has 1 aliphatic carbocycles. The Labute approximate surface area is 289 Å². The topological polar surface area (TPSA) is 42.4 Å². The van der Waals surface area contributed by atoms with E-state index in [1.54, 1.807) is 0 Å². The zero-order valence-corrected chi connectivity index (χ0v) is 27.7. The zero-order chi connectivity index (χ0) is 33.4. The van der Waals surface area contributed by atoms with Crippen LogP contribution in [0.4, 0.5) is 17.1 Å². The van der Waals surface area contributed by atoms with Crippen molar-refractivity contribution in [2.75, 3.05) is 4.90 Å². The number of oxazole rings is 1. The van der Waals surface area contributed by atoms with Gasteiger partial charge in [0.05, 0.1) is 0 Å². The lowest BCUT2D eigenvalue weighted by Crippen LogP contribution is -2.15. The van der Waals surface area contributed by atoms with Crippen LogP contribution in [0.2, 0.25) is 0 Å². The van der Waals surface area contributed by atoms with Gasteiger partial charge in [0, 0.05) is 50.9 Å². The molecule has 4 nitrogen and oxygen atoms in total. The summed E-state index contributed by atoms with van der Waals surface area (Å²) < 4.78 is 12.8. The molecule has 9 aromatic rings. The molecule has 0 saturated carbocycles. The van der Waals surface area contributed by atoms with Crippen LogP contribution < -0.4 is 4.90 Å². The predicted octanol–water partition coefficient (Wildman–Crippen LogP) is 12.8. The van der Waals surface area contributed by atoms with E-state index in [1.807, 2.05) is 36.4 Å². The molecule has 50 heavy (non-hydrogen) atoms. The van der Waals surface area contributed by atoms with Crippen LogP contribution in [0.5, 0.6) is 0 Å². The molecule has 1 aliphatic rings. The molecular weight excluding hydrogens is 613 g/mol. The highest BCUT2D eigenvalue weighted by Gasteiger charge is 2.35. The number of hydrogen-bond acceptors (Lipinski definition) is 4. The van der Waals surface area contributed by atoms with Crippen LogP contribution >= 0.6 is 0 Å². The molecule has 0 N–H and O–H groups in total. The highest BCUT2D eigenvalue weighted by atomic mass is 16.4. The molecule has 0 aliphatic heterocycles. The number of nitrogens with zero attached hydrogens (tertiary/aromatic N) is 2. The summed E-state index contributed by atoms with van der Waals surface area (Å²) in [6, 6.07) is 55.6. The largest absolute Gasteiger partial charge is 0.456 e. The van der Waals surface area contributed by atoms with E-state index in [1.165, 1.54) is 27.8 Å². The Kier molecular flexibility index (Phi) is 6.19. The second-order valence-electron chi connectivity index (χ2n) is 13.6. The van der Waals surface area contributed by atoms with Crippen LogP contribution in [-0.4, -0.2) is 4.98 Å². The fourth-order valence-electron chi connectivity index (χ4n) is 7.78. The quantitative estimate of drug-likeness (QED) is 0.187. The molecule has 0 bridgehead atoms. The van der Waals surface area contributed by atoms with Gasteiger partial charge in [-0.3, -0.25) is 0 Å². The van der Waals surface area contributed by atoms with Crippen molar-refractivity contribution in [2.24, 2.45) is 0 Å². The first-order valence-corrected chi connectivity index (χ1v) is 17.0. The number of fused-ring (bicyclic) bond motifs is 7. The minimum Gasteiger partial charge on any atom is -0.456 e. The van der Waals surface area contributed by atoms with Crippen LogP contribution in [0.25, 0.3) is 66.7 Å². The maximum atomic E-state index is 6.57. The average Bonchev–Trinajstić information content (AvgIpc) is 3.81. The number of aromatic nitrogens is 1. The van der Waals surface area contributed by atoms with Crippen LogP contribution in [-0.2, 0) is 5.41 Å². The van der Waals surface area contributed by atoms with Crippen molar-refractivity contribution in [2.45, 2.75) is 19.3 Å².